The Morgan fingerprint density at radius 3 is 2.01 bits per heavy atom. The molecular formula is C52H60N9O8+. The predicted octanol–water partition coefficient (Wildman–Crippen LogP) is 4.29. The van der Waals surface area contributed by atoms with Gasteiger partial charge in [-0.2, -0.15) is 4.58 Å². The van der Waals surface area contributed by atoms with Crippen LogP contribution in [0.4, 0.5) is 11.4 Å². The van der Waals surface area contributed by atoms with E-state index in [1.807, 2.05) is 89.6 Å². The summed E-state index contributed by atoms with van der Waals surface area (Å²) in [5.41, 5.74) is 21.1. The van der Waals surface area contributed by atoms with E-state index in [0.717, 1.165) is 55.5 Å². The van der Waals surface area contributed by atoms with Crippen LogP contribution < -0.4 is 38.1 Å². The van der Waals surface area contributed by atoms with Crippen LogP contribution in [0.5, 0.6) is 0 Å². The van der Waals surface area contributed by atoms with Crippen molar-refractivity contribution in [2.24, 2.45) is 22.2 Å². The van der Waals surface area contributed by atoms with Gasteiger partial charge in [-0.3, -0.25) is 33.8 Å². The summed E-state index contributed by atoms with van der Waals surface area (Å²) < 4.78 is 1.92. The summed E-state index contributed by atoms with van der Waals surface area (Å²) in [7, 11) is 0. The molecule has 0 radical (unpaired) electrons. The standard InChI is InChI=1S/C52H59N9O8/c1-51(2)40(60(28-26-44(64)65)38-24-22-32-15-10-12-17-34(32)46(38)51)20-8-6-5-7-9-21-41-52(3,4)47-35-18-13-11-16-33(35)23-25-39(47)61(41)31-43(63)58-36(19-14-27-56-50(54)55)49(69)57-30-42(62)59-37(48(53)68)29-45(66)67/h5-13,15-18,20-25,36-37H,14,19,26-31H2,1-4H3,(H10-,53,54,55,56,57,58,59,62,63,64,65,66,67,68,69)/p+1/t36-,37+/m0/s1. The Morgan fingerprint density at radius 1 is 0.739 bits per heavy atom. The zero-order chi connectivity index (χ0) is 50.0. The fraction of sp³-hybridized carbons (Fsp3) is 0.308. The number of anilines is 1. The van der Waals surface area contributed by atoms with Crippen LogP contribution >= 0.6 is 0 Å². The van der Waals surface area contributed by atoms with Crippen molar-refractivity contribution < 1.29 is 43.6 Å². The molecule has 11 N–H and O–H groups in total. The van der Waals surface area contributed by atoms with Crippen LogP contribution in [0.1, 0.15) is 64.5 Å². The number of nitrogens with zero attached hydrogens (tertiary/aromatic N) is 3. The third-order valence-electron chi connectivity index (χ3n) is 12.4. The van der Waals surface area contributed by atoms with E-state index in [4.69, 9.17) is 22.3 Å². The zero-order valence-electron chi connectivity index (χ0n) is 39.2. The van der Waals surface area contributed by atoms with E-state index in [1.54, 1.807) is 0 Å². The second-order valence-corrected chi connectivity index (χ2v) is 18.0. The molecule has 0 fully saturated rings. The highest BCUT2D eigenvalue weighted by atomic mass is 16.4. The van der Waals surface area contributed by atoms with Crippen molar-refractivity contribution in [2.45, 2.75) is 76.3 Å². The molecule has 17 nitrogen and oxygen atoms in total. The van der Waals surface area contributed by atoms with E-state index < -0.39 is 71.4 Å². The SMILES string of the molecule is CC1(C)C(/C=C/C=C/C=C/C=C2/N(CCC(=O)O)c3ccc4ccccc4c3C2(C)C)=[N+](CC(=O)N[C@@H](CCCN=C(N)N)C(=O)NCC(=O)N[C@H](CC(=O)O)C(N)=O)c2ccc3ccccc3c21. The van der Waals surface area contributed by atoms with Gasteiger partial charge >= 0.3 is 11.9 Å². The number of carbonyl (C=O) groups excluding carboxylic acids is 4. The number of carboxylic acids is 2. The number of benzene rings is 4. The first-order chi connectivity index (χ1) is 32.8. The number of carbonyl (C=O) groups is 6. The number of hydrogen-bond acceptors (Lipinski definition) is 8. The summed E-state index contributed by atoms with van der Waals surface area (Å²) in [5.74, 6) is -5.47. The van der Waals surface area contributed by atoms with Gasteiger partial charge in [0, 0.05) is 47.6 Å². The summed E-state index contributed by atoms with van der Waals surface area (Å²) in [6.07, 6.45) is 13.2. The number of hydrogen-bond donors (Lipinski definition) is 8. The van der Waals surface area contributed by atoms with Crippen LogP contribution in [0.3, 0.4) is 0 Å². The van der Waals surface area contributed by atoms with Gasteiger partial charge in [0.15, 0.2) is 11.7 Å². The van der Waals surface area contributed by atoms with Gasteiger partial charge in [0.25, 0.3) is 5.91 Å². The summed E-state index contributed by atoms with van der Waals surface area (Å²) in [4.78, 5) is 80.9. The topological polar surface area (TPSA) is 276 Å². The molecule has 2 aliphatic heterocycles. The second kappa shape index (κ2) is 21.7. The van der Waals surface area contributed by atoms with Crippen molar-refractivity contribution in [3.8, 4) is 0 Å². The minimum absolute atomic E-state index is 0.0156. The Kier molecular flexibility index (Phi) is 15.8. The number of amides is 4. The van der Waals surface area contributed by atoms with Gasteiger partial charge in [-0.25, -0.2) is 0 Å². The third kappa shape index (κ3) is 11.7. The number of primary amides is 1. The van der Waals surface area contributed by atoms with Crippen LogP contribution in [0, 0.1) is 0 Å². The van der Waals surface area contributed by atoms with Crippen molar-refractivity contribution in [3.63, 3.8) is 0 Å². The van der Waals surface area contributed by atoms with Crippen LogP contribution in [0.2, 0.25) is 0 Å². The molecule has 4 aromatic carbocycles. The molecule has 2 heterocycles. The van der Waals surface area contributed by atoms with Crippen molar-refractivity contribution in [3.05, 3.63) is 132 Å². The minimum atomic E-state index is -1.49. The monoisotopic (exact) mass is 938 g/mol. The summed E-state index contributed by atoms with van der Waals surface area (Å²) >= 11 is 0. The van der Waals surface area contributed by atoms with Gasteiger partial charge in [-0.15, -0.1) is 0 Å². The molecule has 6 rings (SSSR count). The lowest BCUT2D eigenvalue weighted by atomic mass is 9.79. The average Bonchev–Trinajstić information content (AvgIpc) is 3.65. The minimum Gasteiger partial charge on any atom is -0.481 e. The average molecular weight is 939 g/mol. The number of fused-ring (bicyclic) bond motifs is 6. The fourth-order valence-electron chi connectivity index (χ4n) is 9.26. The third-order valence-corrected chi connectivity index (χ3v) is 12.4. The number of nitrogens with two attached hydrogens (primary N) is 3. The first kappa shape index (κ1) is 50.3. The van der Waals surface area contributed by atoms with Crippen LogP contribution in [0.25, 0.3) is 21.5 Å². The van der Waals surface area contributed by atoms with E-state index in [2.05, 4.69) is 83.9 Å². The van der Waals surface area contributed by atoms with E-state index in [9.17, 15) is 33.9 Å². The van der Waals surface area contributed by atoms with Crippen molar-refractivity contribution >= 4 is 80.2 Å². The first-order valence-corrected chi connectivity index (χ1v) is 22.6. The number of aliphatic imine (C=N–C) groups is 1. The Balaban J connectivity index is 1.24. The molecule has 69 heavy (non-hydrogen) atoms. The number of rotatable bonds is 21. The molecule has 0 unspecified atom stereocenters. The van der Waals surface area contributed by atoms with Crippen LogP contribution in [0.15, 0.2) is 126 Å². The highest BCUT2D eigenvalue weighted by Gasteiger charge is 2.46. The van der Waals surface area contributed by atoms with Gasteiger partial charge in [0.2, 0.25) is 30.0 Å². The predicted molar refractivity (Wildman–Crippen MR) is 267 cm³/mol. The highest BCUT2D eigenvalue weighted by molar-refractivity contribution is 6.08. The molecule has 2 atom stereocenters. The summed E-state index contributed by atoms with van der Waals surface area (Å²) in [6, 6.07) is 21.7. The molecule has 0 saturated heterocycles. The van der Waals surface area contributed by atoms with Gasteiger partial charge in [0.1, 0.15) is 12.1 Å². The maximum Gasteiger partial charge on any atom is 0.305 e. The van der Waals surface area contributed by atoms with Gasteiger partial charge in [0.05, 0.1) is 24.8 Å². The van der Waals surface area contributed by atoms with Gasteiger partial charge in [-0.1, -0.05) is 98.8 Å². The van der Waals surface area contributed by atoms with Crippen molar-refractivity contribution in [1.29, 1.82) is 0 Å². The number of aliphatic carboxylic acids is 2. The van der Waals surface area contributed by atoms with E-state index in [0.29, 0.717) is 13.0 Å². The Hall–Kier alpha value is -8.08. The van der Waals surface area contributed by atoms with Gasteiger partial charge < -0.3 is 48.3 Å². The highest BCUT2D eigenvalue weighted by Crippen LogP contribution is 2.51. The summed E-state index contributed by atoms with van der Waals surface area (Å²) in [5, 5.41) is 30.5. The maximum absolute atomic E-state index is 14.1. The summed E-state index contributed by atoms with van der Waals surface area (Å²) in [6.45, 7) is 8.20. The van der Waals surface area contributed by atoms with E-state index in [-0.39, 0.29) is 31.9 Å². The number of nitrogens with one attached hydrogen (secondary N) is 3. The lowest BCUT2D eigenvalue weighted by Crippen LogP contribution is -2.52. The Labute approximate surface area is 400 Å². The molecule has 0 aliphatic carbocycles. The van der Waals surface area contributed by atoms with Crippen molar-refractivity contribution in [1.82, 2.24) is 16.0 Å². The normalized spacial score (nSPS) is 16.2. The number of allylic oxidation sites excluding steroid dienone is 8. The lowest BCUT2D eigenvalue weighted by molar-refractivity contribution is -0.425. The lowest BCUT2D eigenvalue weighted by Gasteiger charge is -2.26. The number of carboxylic acid groups (broad SMARTS) is 2. The molecule has 360 valence electrons. The second-order valence-electron chi connectivity index (χ2n) is 18.0. The number of guanidine groups is 1. The first-order valence-electron chi connectivity index (χ1n) is 22.6. The van der Waals surface area contributed by atoms with Crippen LogP contribution in [-0.2, 0) is 39.6 Å². The molecule has 0 spiro atoms. The zero-order valence-corrected chi connectivity index (χ0v) is 39.2. The molecule has 4 aromatic rings. The molecule has 0 bridgehead atoms. The fourth-order valence-corrected chi connectivity index (χ4v) is 9.26. The van der Waals surface area contributed by atoms with E-state index in [1.165, 1.54) is 0 Å². The maximum atomic E-state index is 14.1. The quantitative estimate of drug-likeness (QED) is 0.0192. The molecule has 4 amide bonds. The molecule has 17 heteroatoms. The molecular weight excluding hydrogens is 879 g/mol. The van der Waals surface area contributed by atoms with Crippen LogP contribution in [-0.4, -0.2) is 100 Å². The van der Waals surface area contributed by atoms with Crippen molar-refractivity contribution in [2.75, 3.05) is 31.1 Å². The molecule has 0 aromatic heterocycles. The smallest absolute Gasteiger partial charge is 0.305 e. The van der Waals surface area contributed by atoms with Gasteiger partial charge in [-0.05, 0) is 72.0 Å². The Bertz CT molecular complexity index is 2870. The molecule has 2 aliphatic rings. The Morgan fingerprint density at radius 2 is 1.36 bits per heavy atom. The molecule has 0 saturated carbocycles. The largest absolute Gasteiger partial charge is 0.481 e. The van der Waals surface area contributed by atoms with E-state index >= 15 is 0 Å².